The van der Waals surface area contributed by atoms with Crippen molar-refractivity contribution in [2.45, 2.75) is 6.17 Å². The van der Waals surface area contributed by atoms with Crippen molar-refractivity contribution in [2.75, 3.05) is 0 Å². The number of fused-ring (bicyclic) bond motifs is 6. The Hall–Kier alpha value is -8.41. The second-order valence-electron chi connectivity index (χ2n) is 16.0. The molecule has 1 N–H and O–H groups in total. The van der Waals surface area contributed by atoms with Crippen molar-refractivity contribution < 1.29 is 0 Å². The molecule has 11 aromatic rings. The SMILES string of the molecule is c1ccc(C2=NC(c3cccc(-c4ccc5nc(-c6ccccc6)c6cccc(-c7ccccc7)c6c5c4)c3)N=C(c3cccc(-n4c5ccccc5c5ccccc54)c3)N2)cc1. The molecule has 0 radical (unpaired) electrons. The summed E-state index contributed by atoms with van der Waals surface area (Å²) in [5.41, 5.74) is 14.0. The zero-order valence-electron chi connectivity index (χ0n) is 34.2. The third-order valence-corrected chi connectivity index (χ3v) is 12.2. The standard InChI is InChI=1S/C58H39N5/c1-4-17-38(18-5-1)46-29-16-30-49-54(46)50-37-42(33-34-51(50)59-55(49)39-19-6-2-7-20-39)41-23-14-24-43(35-41)57-60-56(40-21-8-3-9-22-40)61-58(62-57)44-25-15-26-45(36-44)63-52-31-12-10-27-47(52)48-28-11-13-32-53(48)63/h1-37,57H,(H,60,61,62). The van der Waals surface area contributed by atoms with E-state index in [1.807, 2.05) is 18.2 Å². The second-order valence-corrected chi connectivity index (χ2v) is 16.0. The predicted molar refractivity (Wildman–Crippen MR) is 262 cm³/mol. The largest absolute Gasteiger partial charge is 0.324 e. The maximum Gasteiger partial charge on any atom is 0.169 e. The number of aliphatic imine (C=N–C) groups is 2. The summed E-state index contributed by atoms with van der Waals surface area (Å²) in [6, 6.07) is 79.3. The lowest BCUT2D eigenvalue weighted by molar-refractivity contribution is 0.756. The van der Waals surface area contributed by atoms with Crippen molar-refractivity contribution in [3.05, 3.63) is 241 Å². The number of amidine groups is 2. The molecule has 3 heterocycles. The normalized spacial score (nSPS) is 13.9. The highest BCUT2D eigenvalue weighted by Crippen LogP contribution is 2.40. The minimum absolute atomic E-state index is 0.477. The first-order valence-electron chi connectivity index (χ1n) is 21.4. The lowest BCUT2D eigenvalue weighted by Crippen LogP contribution is -2.36. The van der Waals surface area contributed by atoms with Crippen LogP contribution in [0.4, 0.5) is 0 Å². The molecule has 1 unspecified atom stereocenters. The number of aromatic nitrogens is 2. The molecule has 0 saturated heterocycles. The molecule has 0 aliphatic carbocycles. The number of hydrogen-bond acceptors (Lipinski definition) is 4. The van der Waals surface area contributed by atoms with E-state index < -0.39 is 6.17 Å². The van der Waals surface area contributed by atoms with Crippen LogP contribution < -0.4 is 5.32 Å². The van der Waals surface area contributed by atoms with Crippen molar-refractivity contribution in [3.63, 3.8) is 0 Å². The minimum atomic E-state index is -0.477. The second kappa shape index (κ2) is 15.2. The van der Waals surface area contributed by atoms with Crippen LogP contribution in [-0.4, -0.2) is 21.2 Å². The van der Waals surface area contributed by atoms with Crippen LogP contribution in [0.25, 0.3) is 82.7 Å². The van der Waals surface area contributed by atoms with Gasteiger partial charge in [0.2, 0.25) is 0 Å². The Bertz CT molecular complexity index is 3540. The third kappa shape index (κ3) is 6.46. The lowest BCUT2D eigenvalue weighted by atomic mass is 9.91. The fourth-order valence-electron chi connectivity index (χ4n) is 9.27. The van der Waals surface area contributed by atoms with Crippen molar-refractivity contribution in [3.8, 4) is 39.2 Å². The Balaban J connectivity index is 0.983. The molecule has 1 aliphatic heterocycles. The molecule has 1 atom stereocenters. The average Bonchev–Trinajstić information content (AvgIpc) is 3.71. The van der Waals surface area contributed by atoms with Gasteiger partial charge in [-0.3, -0.25) is 0 Å². The summed E-state index contributed by atoms with van der Waals surface area (Å²) in [5.74, 6) is 1.55. The lowest BCUT2D eigenvalue weighted by Gasteiger charge is -2.23. The van der Waals surface area contributed by atoms with Crippen LogP contribution in [0, 0.1) is 0 Å². The van der Waals surface area contributed by atoms with Gasteiger partial charge in [0.05, 0.1) is 22.2 Å². The molecule has 0 spiro atoms. The van der Waals surface area contributed by atoms with Gasteiger partial charge in [-0.2, -0.15) is 0 Å². The van der Waals surface area contributed by atoms with E-state index in [9.17, 15) is 0 Å². The number of benzene rings is 9. The topological polar surface area (TPSA) is 54.6 Å². The van der Waals surface area contributed by atoms with Gasteiger partial charge in [-0.05, 0) is 70.3 Å². The van der Waals surface area contributed by atoms with Crippen LogP contribution in [0.5, 0.6) is 0 Å². The number of nitrogens with one attached hydrogen (secondary N) is 1. The van der Waals surface area contributed by atoms with Gasteiger partial charge in [-0.25, -0.2) is 15.0 Å². The number of rotatable bonds is 7. The molecule has 0 bridgehead atoms. The molecule has 2 aromatic heterocycles. The summed E-state index contributed by atoms with van der Waals surface area (Å²) in [6.45, 7) is 0. The summed E-state index contributed by atoms with van der Waals surface area (Å²) in [7, 11) is 0. The quantitative estimate of drug-likeness (QED) is 0.163. The number of para-hydroxylation sites is 2. The van der Waals surface area contributed by atoms with Crippen LogP contribution in [0.3, 0.4) is 0 Å². The average molecular weight is 806 g/mol. The van der Waals surface area contributed by atoms with E-state index in [4.69, 9.17) is 15.0 Å². The molecule has 0 saturated carbocycles. The van der Waals surface area contributed by atoms with Gasteiger partial charge < -0.3 is 9.88 Å². The van der Waals surface area contributed by atoms with Crippen molar-refractivity contribution in [1.82, 2.24) is 14.9 Å². The molecule has 5 heteroatoms. The fourth-order valence-corrected chi connectivity index (χ4v) is 9.27. The minimum Gasteiger partial charge on any atom is -0.324 e. The van der Waals surface area contributed by atoms with Crippen LogP contribution in [0.2, 0.25) is 0 Å². The smallest absolute Gasteiger partial charge is 0.169 e. The highest BCUT2D eigenvalue weighted by Gasteiger charge is 2.23. The molecule has 12 rings (SSSR count). The van der Waals surface area contributed by atoms with E-state index in [0.717, 1.165) is 72.7 Å². The van der Waals surface area contributed by atoms with Crippen LogP contribution in [0.1, 0.15) is 22.9 Å². The zero-order valence-corrected chi connectivity index (χ0v) is 34.2. The monoisotopic (exact) mass is 805 g/mol. The van der Waals surface area contributed by atoms with E-state index >= 15 is 0 Å². The van der Waals surface area contributed by atoms with Crippen LogP contribution in [-0.2, 0) is 0 Å². The molecule has 296 valence electrons. The Labute approximate surface area is 365 Å². The highest BCUT2D eigenvalue weighted by molar-refractivity contribution is 6.18. The van der Waals surface area contributed by atoms with E-state index in [-0.39, 0.29) is 0 Å². The summed E-state index contributed by atoms with van der Waals surface area (Å²) >= 11 is 0. The molecule has 0 fully saturated rings. The first kappa shape index (κ1) is 36.4. The summed E-state index contributed by atoms with van der Waals surface area (Å²) in [4.78, 5) is 15.9. The van der Waals surface area contributed by atoms with Gasteiger partial charge in [0.15, 0.2) is 6.17 Å². The Kier molecular flexibility index (Phi) is 8.82. The summed E-state index contributed by atoms with van der Waals surface area (Å²) in [5, 5.41) is 9.53. The maximum absolute atomic E-state index is 5.35. The summed E-state index contributed by atoms with van der Waals surface area (Å²) in [6.07, 6.45) is -0.477. The molecule has 0 amide bonds. The van der Waals surface area contributed by atoms with Crippen LogP contribution in [0.15, 0.2) is 234 Å². The van der Waals surface area contributed by atoms with Crippen molar-refractivity contribution >= 4 is 55.2 Å². The Morgan fingerprint density at radius 2 is 0.937 bits per heavy atom. The molecule has 63 heavy (non-hydrogen) atoms. The van der Waals surface area contributed by atoms with E-state index in [0.29, 0.717) is 0 Å². The first-order valence-corrected chi connectivity index (χ1v) is 21.4. The molecular formula is C58H39N5. The molecule has 9 aromatic carbocycles. The Morgan fingerprint density at radius 1 is 0.381 bits per heavy atom. The van der Waals surface area contributed by atoms with Crippen LogP contribution >= 0.6 is 0 Å². The maximum atomic E-state index is 5.35. The predicted octanol–water partition coefficient (Wildman–Crippen LogP) is 14.0. The van der Waals surface area contributed by atoms with Gasteiger partial charge >= 0.3 is 0 Å². The van der Waals surface area contributed by atoms with Gasteiger partial charge in [-0.15, -0.1) is 0 Å². The van der Waals surface area contributed by atoms with E-state index in [1.54, 1.807) is 0 Å². The molecule has 5 nitrogen and oxygen atoms in total. The molecule has 1 aliphatic rings. The zero-order chi connectivity index (χ0) is 41.7. The summed E-state index contributed by atoms with van der Waals surface area (Å²) < 4.78 is 2.35. The number of nitrogens with zero attached hydrogens (tertiary/aromatic N) is 4. The third-order valence-electron chi connectivity index (χ3n) is 12.2. The van der Waals surface area contributed by atoms with Crippen molar-refractivity contribution in [1.29, 1.82) is 0 Å². The van der Waals surface area contributed by atoms with Gasteiger partial charge in [0.1, 0.15) is 11.7 Å². The fraction of sp³-hybridized carbons (Fsp3) is 0.0172. The highest BCUT2D eigenvalue weighted by atomic mass is 15.2. The first-order chi connectivity index (χ1) is 31.2. The number of hydrogen-bond donors (Lipinski definition) is 1. The molecular weight excluding hydrogens is 767 g/mol. The van der Waals surface area contributed by atoms with Gasteiger partial charge in [0.25, 0.3) is 0 Å². The van der Waals surface area contributed by atoms with E-state index in [2.05, 4.69) is 216 Å². The Morgan fingerprint density at radius 3 is 1.67 bits per heavy atom. The van der Waals surface area contributed by atoms with Gasteiger partial charge in [0, 0.05) is 49.3 Å². The number of pyridine rings is 1. The van der Waals surface area contributed by atoms with Crippen molar-refractivity contribution in [2.24, 2.45) is 9.98 Å². The van der Waals surface area contributed by atoms with Gasteiger partial charge in [-0.1, -0.05) is 182 Å². The van der Waals surface area contributed by atoms with E-state index in [1.165, 1.54) is 38.3 Å².